The molecular weight excluding hydrogens is 526 g/mol. The zero-order valence-electron chi connectivity index (χ0n) is 20.0. The van der Waals surface area contributed by atoms with Gasteiger partial charge in [0.25, 0.3) is 5.69 Å². The Hall–Kier alpha value is -2.76. The summed E-state index contributed by atoms with van der Waals surface area (Å²) in [5.41, 5.74) is 3.40. The molecule has 1 fully saturated rings. The molecule has 3 heterocycles. The topological polar surface area (TPSA) is 108 Å². The van der Waals surface area contributed by atoms with Crippen molar-refractivity contribution in [1.29, 1.82) is 0 Å². The Bertz CT molecular complexity index is 1360. The van der Waals surface area contributed by atoms with Gasteiger partial charge in [0, 0.05) is 52.2 Å². The van der Waals surface area contributed by atoms with E-state index in [2.05, 4.69) is 35.7 Å². The summed E-state index contributed by atoms with van der Waals surface area (Å²) < 4.78 is 7.33. The maximum absolute atomic E-state index is 13.6. The third-order valence-corrected chi connectivity index (χ3v) is 7.28. The lowest BCUT2D eigenvalue weighted by Crippen LogP contribution is -2.48. The van der Waals surface area contributed by atoms with E-state index in [9.17, 15) is 10.0 Å². The Morgan fingerprint density at radius 1 is 0.944 bits per heavy atom. The number of halogens is 1. The van der Waals surface area contributed by atoms with Gasteiger partial charge in [0.1, 0.15) is 5.69 Å². The average molecular weight is 557 g/mol. The van der Waals surface area contributed by atoms with Crippen LogP contribution in [0.2, 0.25) is 0 Å². The molecule has 0 amide bonds. The largest absolute Gasteiger partial charge is 0.494 e. The number of nitrogens with zero attached hydrogens (tertiary/aromatic N) is 3. The minimum atomic E-state index is 0.0309. The van der Waals surface area contributed by atoms with E-state index in [-0.39, 0.29) is 12.5 Å². The van der Waals surface area contributed by atoms with Crippen molar-refractivity contribution >= 4 is 43.4 Å². The van der Waals surface area contributed by atoms with Gasteiger partial charge in [-0.05, 0) is 24.3 Å². The van der Waals surface area contributed by atoms with Crippen LogP contribution in [0.3, 0.4) is 0 Å². The van der Waals surface area contributed by atoms with Gasteiger partial charge in [-0.25, -0.2) is 0 Å². The number of ether oxygens (including phenoxy) is 1. The van der Waals surface area contributed by atoms with Crippen LogP contribution in [-0.4, -0.2) is 100 Å². The van der Waals surface area contributed by atoms with E-state index < -0.39 is 0 Å². The molecule has 4 N–H and O–H groups in total. The van der Waals surface area contributed by atoms with Crippen molar-refractivity contribution in [2.75, 3.05) is 65.6 Å². The number of para-hydroxylation sites is 1. The number of aromatic amines is 2. The molecule has 190 valence electrons. The van der Waals surface area contributed by atoms with Gasteiger partial charge in [0.05, 0.1) is 48.3 Å². The minimum absolute atomic E-state index is 0.0309. The maximum Gasteiger partial charge on any atom is 0.289 e. The van der Waals surface area contributed by atoms with E-state index in [1.807, 2.05) is 42.5 Å². The highest BCUT2D eigenvalue weighted by molar-refractivity contribution is 9.10. The van der Waals surface area contributed by atoms with E-state index in [1.165, 1.54) is 0 Å². The van der Waals surface area contributed by atoms with Crippen molar-refractivity contribution < 1.29 is 19.7 Å². The lowest BCUT2D eigenvalue weighted by molar-refractivity contribution is -0.461. The molecule has 0 aliphatic carbocycles. The van der Waals surface area contributed by atoms with E-state index in [0.717, 1.165) is 63.8 Å². The second-order valence-corrected chi connectivity index (χ2v) is 9.97. The van der Waals surface area contributed by atoms with Gasteiger partial charge in [0.15, 0.2) is 5.88 Å². The van der Waals surface area contributed by atoms with Crippen LogP contribution in [0.4, 0.5) is 5.69 Å². The number of fused-ring (bicyclic) bond motifs is 2. The van der Waals surface area contributed by atoms with E-state index in [4.69, 9.17) is 9.84 Å². The zero-order valence-corrected chi connectivity index (χ0v) is 21.6. The number of hydrogen-bond donors (Lipinski definition) is 4. The summed E-state index contributed by atoms with van der Waals surface area (Å²) in [5.74, 6) is 0.0309. The Morgan fingerprint density at radius 3 is 2.47 bits per heavy atom. The van der Waals surface area contributed by atoms with E-state index in [1.54, 1.807) is 0 Å². The third-order valence-electron chi connectivity index (χ3n) is 6.79. The van der Waals surface area contributed by atoms with Crippen molar-refractivity contribution in [1.82, 2.24) is 19.8 Å². The van der Waals surface area contributed by atoms with Gasteiger partial charge < -0.3 is 24.9 Å². The fourth-order valence-electron chi connectivity index (χ4n) is 4.92. The van der Waals surface area contributed by atoms with Crippen molar-refractivity contribution in [3.63, 3.8) is 0 Å². The molecule has 2 aromatic heterocycles. The number of aliphatic hydroxyl groups excluding tert-OH is 1. The molecule has 1 saturated heterocycles. The Labute approximate surface area is 217 Å². The van der Waals surface area contributed by atoms with Crippen LogP contribution in [0.25, 0.3) is 33.1 Å². The summed E-state index contributed by atoms with van der Waals surface area (Å²) >= 11 is 3.48. The second kappa shape index (κ2) is 11.1. The number of piperazine rings is 1. The molecule has 1 aliphatic heterocycles. The fraction of sp³-hybridized carbons (Fsp3) is 0.385. The third kappa shape index (κ3) is 5.18. The van der Waals surface area contributed by atoms with Gasteiger partial charge in [-0.2, -0.15) is 0 Å². The molecule has 5 rings (SSSR count). The summed E-state index contributed by atoms with van der Waals surface area (Å²) in [5, 5.41) is 21.3. The van der Waals surface area contributed by atoms with Gasteiger partial charge in [0.2, 0.25) is 6.54 Å². The Balaban J connectivity index is 1.33. The number of nitrogens with one attached hydrogen (secondary N) is 2. The summed E-state index contributed by atoms with van der Waals surface area (Å²) in [6.45, 7) is 6.53. The van der Waals surface area contributed by atoms with Gasteiger partial charge >= 0.3 is 0 Å². The number of nitroso groups, excluding NO2 is 1. The van der Waals surface area contributed by atoms with Crippen LogP contribution in [0.1, 0.15) is 0 Å². The molecule has 0 bridgehead atoms. The van der Waals surface area contributed by atoms with E-state index in [0.29, 0.717) is 43.2 Å². The Morgan fingerprint density at radius 2 is 1.69 bits per heavy atom. The Kier molecular flexibility index (Phi) is 7.68. The van der Waals surface area contributed by atoms with Crippen LogP contribution >= 0.6 is 15.9 Å². The highest BCUT2D eigenvalue weighted by Gasteiger charge is 2.30. The lowest BCUT2D eigenvalue weighted by Gasteiger charge is -2.33. The molecule has 0 radical (unpaired) electrons. The molecule has 0 saturated carbocycles. The predicted molar refractivity (Wildman–Crippen MR) is 144 cm³/mol. The zero-order chi connectivity index (χ0) is 25.1. The summed E-state index contributed by atoms with van der Waals surface area (Å²) in [6, 6.07) is 13.5. The molecule has 1 aliphatic rings. The van der Waals surface area contributed by atoms with Gasteiger partial charge in [-0.1, -0.05) is 34.1 Å². The molecule has 10 heteroatoms. The summed E-state index contributed by atoms with van der Waals surface area (Å²) in [4.78, 5) is 24.7. The maximum atomic E-state index is 13.6. The van der Waals surface area contributed by atoms with Gasteiger partial charge in [-0.15, -0.1) is 0 Å². The SMILES string of the molecule is O=[N+](CCN1CCN(CCOCCO)CC1)c1c(-c2c(O)[nH]c3cc(Br)ccc23)[nH]c2ccccc12. The highest BCUT2D eigenvalue weighted by atomic mass is 79.9. The summed E-state index contributed by atoms with van der Waals surface area (Å²) in [7, 11) is 0. The minimum Gasteiger partial charge on any atom is -0.494 e. The smallest absolute Gasteiger partial charge is 0.289 e. The van der Waals surface area contributed by atoms with Crippen LogP contribution in [0.15, 0.2) is 46.9 Å². The molecule has 0 unspecified atom stereocenters. The predicted octanol–water partition coefficient (Wildman–Crippen LogP) is 3.82. The quantitative estimate of drug-likeness (QED) is 0.175. The first-order valence-corrected chi connectivity index (χ1v) is 13.0. The fourth-order valence-corrected chi connectivity index (χ4v) is 5.28. The van der Waals surface area contributed by atoms with Crippen molar-refractivity contribution in [3.05, 3.63) is 51.8 Å². The van der Waals surface area contributed by atoms with Crippen LogP contribution in [0, 0.1) is 4.91 Å². The van der Waals surface area contributed by atoms with Crippen LogP contribution in [0.5, 0.6) is 5.88 Å². The number of aromatic hydroxyl groups is 1. The van der Waals surface area contributed by atoms with Crippen molar-refractivity contribution in [2.45, 2.75) is 0 Å². The van der Waals surface area contributed by atoms with Crippen molar-refractivity contribution in [3.8, 4) is 17.1 Å². The van der Waals surface area contributed by atoms with Gasteiger partial charge in [-0.3, -0.25) is 9.80 Å². The molecule has 0 spiro atoms. The second-order valence-electron chi connectivity index (χ2n) is 9.05. The molecule has 36 heavy (non-hydrogen) atoms. The normalized spacial score (nSPS) is 15.3. The molecule has 0 atom stereocenters. The van der Waals surface area contributed by atoms with Crippen molar-refractivity contribution in [2.24, 2.45) is 0 Å². The first-order chi connectivity index (χ1) is 17.5. The number of H-pyrrole nitrogens is 2. The molecular formula is C26H31BrN5O4+. The molecule has 2 aromatic carbocycles. The molecule has 4 aromatic rings. The monoisotopic (exact) mass is 556 g/mol. The number of rotatable bonds is 10. The number of aliphatic hydroxyl groups is 1. The number of aromatic nitrogens is 2. The van der Waals surface area contributed by atoms with Crippen LogP contribution < -0.4 is 0 Å². The highest BCUT2D eigenvalue weighted by Crippen LogP contribution is 2.44. The molecule has 9 nitrogen and oxygen atoms in total. The van der Waals surface area contributed by atoms with Crippen LogP contribution in [-0.2, 0) is 4.74 Å². The standard InChI is InChI=1S/C26H30BrN5O4/c27-18-5-6-19-22(17-18)29-26(34)23(19)24-25(20-3-1-2-4-21(20)28-24)32(35)12-11-30-7-9-31(10-8-30)13-15-36-16-14-33/h1-6,17,33H,7-16H2,(H2-,28,29,34,35)/p+1. The first-order valence-electron chi connectivity index (χ1n) is 12.2. The number of hydrogen-bond acceptors (Lipinski definition) is 6. The average Bonchev–Trinajstić information content (AvgIpc) is 3.42. The number of benzene rings is 2. The summed E-state index contributed by atoms with van der Waals surface area (Å²) in [6.07, 6.45) is 0. The lowest BCUT2D eigenvalue weighted by atomic mass is 10.1. The van der Waals surface area contributed by atoms with E-state index >= 15 is 0 Å². The first kappa shape index (κ1) is 24.9.